The summed E-state index contributed by atoms with van der Waals surface area (Å²) in [6.45, 7) is 0. The molecule has 0 amide bonds. The van der Waals surface area contributed by atoms with Crippen LogP contribution in [-0.4, -0.2) is 27.8 Å². The van der Waals surface area contributed by atoms with E-state index in [1.165, 1.54) is 25.6 Å². The summed E-state index contributed by atoms with van der Waals surface area (Å²) in [5.41, 5.74) is 2.63. The lowest BCUT2D eigenvalue weighted by atomic mass is 10.4. The first-order valence-corrected chi connectivity index (χ1v) is 6.60. The second kappa shape index (κ2) is 5.01. The van der Waals surface area contributed by atoms with Gasteiger partial charge in [0.05, 0.1) is 17.4 Å². The molecule has 1 heterocycles. The molecule has 1 N–H and O–H groups in total. The molecule has 0 bridgehead atoms. The fraction of sp³-hybridized carbons (Fsp3) is 0.0909. The molecular formula is C11H11N3O3S. The Morgan fingerprint density at radius 1 is 1.28 bits per heavy atom. The number of hydrazone groups is 1. The van der Waals surface area contributed by atoms with Crippen molar-refractivity contribution in [3.8, 4) is 0 Å². The average molecular weight is 265 g/mol. The highest BCUT2D eigenvalue weighted by atomic mass is 32.2. The topological polar surface area (TPSA) is 80.1 Å². The standard InChI is InChI=1S/C11H11N3O3S/c1-17-11-10(12-8-13-14-11)7-18(15,16)9-5-3-2-4-6-9/h2-8H,1H3,(H,12,13)/b10-7+. The van der Waals surface area contributed by atoms with Gasteiger partial charge in [-0.05, 0) is 12.1 Å². The Morgan fingerprint density at radius 2 is 2.00 bits per heavy atom. The van der Waals surface area contributed by atoms with Crippen molar-refractivity contribution >= 4 is 22.1 Å². The third-order valence-corrected chi connectivity index (χ3v) is 3.64. The van der Waals surface area contributed by atoms with Gasteiger partial charge in [0, 0.05) is 0 Å². The zero-order valence-corrected chi connectivity index (χ0v) is 10.4. The van der Waals surface area contributed by atoms with Crippen LogP contribution in [0.3, 0.4) is 0 Å². The van der Waals surface area contributed by atoms with Gasteiger partial charge in [0.1, 0.15) is 12.0 Å². The summed E-state index contributed by atoms with van der Waals surface area (Å²) in [6.07, 6.45) is 1.29. The van der Waals surface area contributed by atoms with Crippen molar-refractivity contribution in [1.29, 1.82) is 0 Å². The number of hydrogen-bond donors (Lipinski definition) is 1. The number of benzene rings is 1. The lowest BCUT2D eigenvalue weighted by Gasteiger charge is -2.09. The molecule has 1 aromatic carbocycles. The third-order valence-electron chi connectivity index (χ3n) is 2.18. The molecule has 6 nitrogen and oxygen atoms in total. The third kappa shape index (κ3) is 2.57. The van der Waals surface area contributed by atoms with Gasteiger partial charge >= 0.3 is 0 Å². The van der Waals surface area contributed by atoms with E-state index in [1.807, 2.05) is 0 Å². The molecule has 0 saturated carbocycles. The highest BCUT2D eigenvalue weighted by Gasteiger charge is 2.17. The summed E-state index contributed by atoms with van der Waals surface area (Å²) in [4.78, 5) is 4.08. The highest BCUT2D eigenvalue weighted by molar-refractivity contribution is 7.94. The van der Waals surface area contributed by atoms with Gasteiger partial charge in [-0.1, -0.05) is 18.2 Å². The van der Waals surface area contributed by atoms with E-state index in [1.54, 1.807) is 18.2 Å². The molecular weight excluding hydrogens is 254 g/mol. The van der Waals surface area contributed by atoms with Crippen molar-refractivity contribution in [1.82, 2.24) is 5.43 Å². The minimum atomic E-state index is -3.57. The molecule has 0 radical (unpaired) electrons. The molecule has 1 aliphatic heterocycles. The van der Waals surface area contributed by atoms with Gasteiger partial charge in [-0.2, -0.15) is 0 Å². The predicted octanol–water partition coefficient (Wildman–Crippen LogP) is 0.893. The van der Waals surface area contributed by atoms with E-state index in [-0.39, 0.29) is 16.5 Å². The first-order valence-electron chi connectivity index (χ1n) is 5.05. The second-order valence-electron chi connectivity index (χ2n) is 3.37. The van der Waals surface area contributed by atoms with Crippen LogP contribution in [0, 0.1) is 0 Å². The summed E-state index contributed by atoms with van der Waals surface area (Å²) in [7, 11) is -2.17. The fourth-order valence-corrected chi connectivity index (χ4v) is 2.48. The Morgan fingerprint density at radius 3 is 2.67 bits per heavy atom. The summed E-state index contributed by atoms with van der Waals surface area (Å²) in [5.74, 6) is 0.122. The van der Waals surface area contributed by atoms with Crippen LogP contribution in [0.1, 0.15) is 0 Å². The molecule has 0 aromatic heterocycles. The van der Waals surface area contributed by atoms with E-state index in [2.05, 4.69) is 15.5 Å². The lowest BCUT2D eigenvalue weighted by molar-refractivity contribution is 0.398. The molecule has 1 aliphatic rings. The molecule has 0 fully saturated rings. The van der Waals surface area contributed by atoms with Crippen molar-refractivity contribution in [3.05, 3.63) is 41.4 Å². The molecule has 1 aromatic rings. The monoisotopic (exact) mass is 265 g/mol. The molecule has 0 aliphatic carbocycles. The van der Waals surface area contributed by atoms with E-state index in [4.69, 9.17) is 4.74 Å². The number of rotatable bonds is 2. The molecule has 18 heavy (non-hydrogen) atoms. The average Bonchev–Trinajstić information content (AvgIpc) is 2.40. The summed E-state index contributed by atoms with van der Waals surface area (Å²) in [5, 5.41) is 4.80. The quantitative estimate of drug-likeness (QED) is 0.861. The van der Waals surface area contributed by atoms with E-state index in [0.717, 1.165) is 5.41 Å². The second-order valence-corrected chi connectivity index (χ2v) is 5.17. The number of aliphatic imine (C=N–C) groups is 1. The van der Waals surface area contributed by atoms with Gasteiger partial charge in [-0.15, -0.1) is 5.10 Å². The van der Waals surface area contributed by atoms with Crippen LogP contribution in [0.2, 0.25) is 0 Å². The van der Waals surface area contributed by atoms with Crippen molar-refractivity contribution < 1.29 is 13.2 Å². The smallest absolute Gasteiger partial charge is 0.257 e. The normalized spacial score (nSPS) is 17.2. The molecule has 0 spiro atoms. The Bertz CT molecular complexity index is 618. The van der Waals surface area contributed by atoms with Crippen LogP contribution in [0.5, 0.6) is 0 Å². The maximum Gasteiger partial charge on any atom is 0.257 e. The Hall–Kier alpha value is -2.15. The van der Waals surface area contributed by atoms with Crippen LogP contribution in [0.4, 0.5) is 0 Å². The zero-order chi connectivity index (χ0) is 13.0. The van der Waals surface area contributed by atoms with Crippen LogP contribution < -0.4 is 5.43 Å². The number of nitrogens with one attached hydrogen (secondary N) is 1. The Balaban J connectivity index is 2.41. The van der Waals surface area contributed by atoms with Crippen LogP contribution in [0.25, 0.3) is 0 Å². The van der Waals surface area contributed by atoms with Crippen LogP contribution >= 0.6 is 0 Å². The van der Waals surface area contributed by atoms with Gasteiger partial charge in [0.15, 0.2) is 0 Å². The van der Waals surface area contributed by atoms with E-state index >= 15 is 0 Å². The number of nitrogens with zero attached hydrogens (tertiary/aromatic N) is 2. The van der Waals surface area contributed by atoms with Crippen molar-refractivity contribution in [2.75, 3.05) is 7.11 Å². The molecule has 2 rings (SSSR count). The minimum Gasteiger partial charge on any atom is -0.478 e. The first kappa shape index (κ1) is 12.3. The highest BCUT2D eigenvalue weighted by Crippen LogP contribution is 2.15. The van der Waals surface area contributed by atoms with E-state index < -0.39 is 9.84 Å². The van der Waals surface area contributed by atoms with Gasteiger partial charge in [0.2, 0.25) is 9.84 Å². The summed E-state index contributed by atoms with van der Waals surface area (Å²) in [6, 6.07) is 8.09. The molecule has 94 valence electrons. The summed E-state index contributed by atoms with van der Waals surface area (Å²) < 4.78 is 29.1. The number of ether oxygens (including phenoxy) is 1. The number of methoxy groups -OCH3 is 1. The first-order chi connectivity index (χ1) is 8.63. The minimum absolute atomic E-state index is 0.122. The number of hydrogen-bond acceptors (Lipinski definition) is 6. The molecule has 0 saturated heterocycles. The summed E-state index contributed by atoms with van der Waals surface area (Å²) >= 11 is 0. The molecule has 0 unspecified atom stereocenters. The largest absolute Gasteiger partial charge is 0.478 e. The van der Waals surface area contributed by atoms with Gasteiger partial charge < -0.3 is 4.74 Å². The Labute approximate surface area is 105 Å². The maximum atomic E-state index is 12.1. The van der Waals surface area contributed by atoms with Crippen molar-refractivity contribution in [2.24, 2.45) is 10.1 Å². The van der Waals surface area contributed by atoms with Crippen LogP contribution in [0.15, 0.2) is 56.4 Å². The zero-order valence-electron chi connectivity index (χ0n) is 9.57. The van der Waals surface area contributed by atoms with Gasteiger partial charge in [-0.3, -0.25) is 5.43 Å². The van der Waals surface area contributed by atoms with Crippen LogP contribution in [-0.2, 0) is 14.6 Å². The van der Waals surface area contributed by atoms with E-state index in [0.29, 0.717) is 0 Å². The van der Waals surface area contributed by atoms with Crippen molar-refractivity contribution in [2.45, 2.75) is 4.90 Å². The maximum absolute atomic E-state index is 12.1. The predicted molar refractivity (Wildman–Crippen MR) is 67.8 cm³/mol. The van der Waals surface area contributed by atoms with Gasteiger partial charge in [0.25, 0.3) is 5.90 Å². The van der Waals surface area contributed by atoms with Crippen molar-refractivity contribution in [3.63, 3.8) is 0 Å². The Kier molecular flexibility index (Phi) is 3.42. The number of sulfone groups is 1. The van der Waals surface area contributed by atoms with Gasteiger partial charge in [-0.25, -0.2) is 13.4 Å². The molecule has 0 atom stereocenters. The fourth-order valence-electron chi connectivity index (χ4n) is 1.35. The SMILES string of the molecule is COC1=NNC=N/C1=C/S(=O)(=O)c1ccccc1. The molecule has 7 heteroatoms. The van der Waals surface area contributed by atoms with E-state index in [9.17, 15) is 8.42 Å². The lowest BCUT2D eigenvalue weighted by Crippen LogP contribution is -2.18.